The number of rotatable bonds is 9. The fourth-order valence-corrected chi connectivity index (χ4v) is 2.76. The highest BCUT2D eigenvalue weighted by Gasteiger charge is 2.31. The predicted molar refractivity (Wildman–Crippen MR) is 91.4 cm³/mol. The number of amides is 4. The Bertz CT molecular complexity index is 660. The lowest BCUT2D eigenvalue weighted by atomic mass is 10.1. The van der Waals surface area contributed by atoms with E-state index in [9.17, 15) is 19.2 Å². The first-order valence-corrected chi connectivity index (χ1v) is 8.57. The lowest BCUT2D eigenvalue weighted by Gasteiger charge is -2.22. The van der Waals surface area contributed by atoms with E-state index >= 15 is 0 Å². The summed E-state index contributed by atoms with van der Waals surface area (Å²) in [4.78, 5) is 54.5. The van der Waals surface area contributed by atoms with Crippen LogP contribution in [-0.4, -0.2) is 51.7 Å². The summed E-state index contributed by atoms with van der Waals surface area (Å²) in [7, 11) is 0. The monoisotopic (exact) mass is 364 g/mol. The molecule has 10 nitrogen and oxygen atoms in total. The Morgan fingerprint density at radius 1 is 1.35 bits per heavy atom. The van der Waals surface area contributed by atoms with Crippen LogP contribution in [-0.2, 0) is 25.6 Å². The van der Waals surface area contributed by atoms with E-state index in [0.29, 0.717) is 25.0 Å². The van der Waals surface area contributed by atoms with Crippen molar-refractivity contribution in [3.8, 4) is 0 Å². The molecule has 1 fully saturated rings. The van der Waals surface area contributed by atoms with Crippen molar-refractivity contribution < 1.29 is 19.2 Å². The molecule has 0 saturated carbocycles. The molecule has 1 aliphatic heterocycles. The van der Waals surface area contributed by atoms with Crippen molar-refractivity contribution in [2.24, 2.45) is 5.73 Å². The molecule has 1 aliphatic rings. The van der Waals surface area contributed by atoms with Gasteiger partial charge in [-0.25, -0.2) is 4.98 Å². The van der Waals surface area contributed by atoms with Crippen LogP contribution in [0.4, 0.5) is 0 Å². The van der Waals surface area contributed by atoms with Crippen molar-refractivity contribution >= 4 is 23.6 Å². The second kappa shape index (κ2) is 8.97. The normalized spacial score (nSPS) is 18.7. The van der Waals surface area contributed by atoms with Crippen LogP contribution in [0.15, 0.2) is 12.5 Å². The quantitative estimate of drug-likeness (QED) is 0.359. The molecule has 3 atom stereocenters. The molecule has 1 aromatic rings. The van der Waals surface area contributed by atoms with E-state index < -0.39 is 35.8 Å². The lowest BCUT2D eigenvalue weighted by Crippen LogP contribution is -2.56. The summed E-state index contributed by atoms with van der Waals surface area (Å²) in [5.41, 5.74) is 5.96. The molecule has 6 N–H and O–H groups in total. The third kappa shape index (κ3) is 5.30. The maximum atomic E-state index is 12.6. The summed E-state index contributed by atoms with van der Waals surface area (Å²) in [6.07, 6.45) is 4.90. The average Bonchev–Trinajstić information content (AvgIpc) is 3.25. The van der Waals surface area contributed by atoms with E-state index in [0.717, 1.165) is 0 Å². The van der Waals surface area contributed by atoms with Gasteiger partial charge in [-0.15, -0.1) is 0 Å². The molecule has 2 heterocycles. The van der Waals surface area contributed by atoms with Crippen molar-refractivity contribution in [3.05, 3.63) is 18.2 Å². The first kappa shape index (κ1) is 19.4. The fraction of sp³-hybridized carbons (Fsp3) is 0.562. The van der Waals surface area contributed by atoms with Crippen molar-refractivity contribution in [1.82, 2.24) is 25.9 Å². The zero-order valence-electron chi connectivity index (χ0n) is 14.6. The van der Waals surface area contributed by atoms with Gasteiger partial charge in [0.2, 0.25) is 23.6 Å². The van der Waals surface area contributed by atoms with Crippen molar-refractivity contribution in [2.75, 3.05) is 0 Å². The zero-order chi connectivity index (χ0) is 19.1. The molecule has 26 heavy (non-hydrogen) atoms. The first-order chi connectivity index (χ1) is 12.4. The highest BCUT2D eigenvalue weighted by atomic mass is 16.2. The van der Waals surface area contributed by atoms with Gasteiger partial charge in [-0.1, -0.05) is 13.3 Å². The molecule has 0 bridgehead atoms. The van der Waals surface area contributed by atoms with Crippen LogP contribution in [0.5, 0.6) is 0 Å². The Kier molecular flexibility index (Phi) is 6.70. The van der Waals surface area contributed by atoms with Gasteiger partial charge in [-0.3, -0.25) is 19.2 Å². The molecule has 1 aromatic heterocycles. The summed E-state index contributed by atoms with van der Waals surface area (Å²) < 4.78 is 0. The molecule has 142 valence electrons. The van der Waals surface area contributed by atoms with Crippen molar-refractivity contribution in [2.45, 2.75) is 57.2 Å². The summed E-state index contributed by atoms with van der Waals surface area (Å²) in [6, 6.07) is -2.40. The van der Waals surface area contributed by atoms with Gasteiger partial charge in [0.25, 0.3) is 0 Å². The third-order valence-corrected chi connectivity index (χ3v) is 4.16. The molecule has 4 amide bonds. The summed E-state index contributed by atoms with van der Waals surface area (Å²) in [5.74, 6) is -1.79. The van der Waals surface area contributed by atoms with Crippen molar-refractivity contribution in [1.29, 1.82) is 0 Å². The minimum atomic E-state index is -0.931. The standard InChI is InChI=1S/C16H24N6O4/c1-2-3-10(14(17)24)21-16(26)12(6-9-7-18-8-19-9)22-15(25)11-4-5-13(23)20-11/h7-8,10-12H,2-6H2,1H3,(H2,17,24)(H,18,19)(H,20,23)(H,21,26)(H,22,25)/t10-,11-,12-/m0/s1. The van der Waals surface area contributed by atoms with Crippen molar-refractivity contribution in [3.63, 3.8) is 0 Å². The Balaban J connectivity index is 2.06. The minimum Gasteiger partial charge on any atom is -0.368 e. The number of nitrogens with zero attached hydrogens (tertiary/aromatic N) is 1. The van der Waals surface area contributed by atoms with E-state index in [1.807, 2.05) is 6.92 Å². The van der Waals surface area contributed by atoms with Crippen LogP contribution >= 0.6 is 0 Å². The second-order valence-electron chi connectivity index (χ2n) is 6.25. The average molecular weight is 364 g/mol. The minimum absolute atomic E-state index is 0.163. The molecule has 0 unspecified atom stereocenters. The third-order valence-electron chi connectivity index (χ3n) is 4.16. The molecule has 0 radical (unpaired) electrons. The topological polar surface area (TPSA) is 159 Å². The van der Waals surface area contributed by atoms with E-state index in [4.69, 9.17) is 5.73 Å². The number of carbonyl (C=O) groups is 4. The number of carbonyl (C=O) groups excluding carboxylic acids is 4. The molecule has 0 aliphatic carbocycles. The van der Waals surface area contributed by atoms with E-state index in [1.54, 1.807) is 6.20 Å². The van der Waals surface area contributed by atoms with Gasteiger partial charge < -0.3 is 26.7 Å². The van der Waals surface area contributed by atoms with Crippen LogP contribution in [0, 0.1) is 0 Å². The highest BCUT2D eigenvalue weighted by Crippen LogP contribution is 2.08. The molecule has 1 saturated heterocycles. The van der Waals surface area contributed by atoms with Gasteiger partial charge in [-0.05, 0) is 12.8 Å². The van der Waals surface area contributed by atoms with E-state index in [-0.39, 0.29) is 18.7 Å². The number of hydrogen-bond donors (Lipinski definition) is 5. The van der Waals surface area contributed by atoms with E-state index in [2.05, 4.69) is 25.9 Å². The number of nitrogens with one attached hydrogen (secondary N) is 4. The predicted octanol–water partition coefficient (Wildman–Crippen LogP) is -1.51. The Morgan fingerprint density at radius 2 is 2.12 bits per heavy atom. The molecular weight excluding hydrogens is 340 g/mol. The maximum Gasteiger partial charge on any atom is 0.243 e. The van der Waals surface area contributed by atoms with Crippen LogP contribution in [0.2, 0.25) is 0 Å². The number of aromatic amines is 1. The number of H-pyrrole nitrogens is 1. The summed E-state index contributed by atoms with van der Waals surface area (Å²) in [5, 5.41) is 7.78. The Labute approximate surface area is 150 Å². The Morgan fingerprint density at radius 3 is 2.65 bits per heavy atom. The van der Waals surface area contributed by atoms with Gasteiger partial charge in [0.1, 0.15) is 18.1 Å². The first-order valence-electron chi connectivity index (χ1n) is 8.57. The lowest BCUT2D eigenvalue weighted by molar-refractivity contribution is -0.132. The number of aromatic nitrogens is 2. The van der Waals surface area contributed by atoms with E-state index in [1.165, 1.54) is 6.33 Å². The van der Waals surface area contributed by atoms with Crippen LogP contribution < -0.4 is 21.7 Å². The van der Waals surface area contributed by atoms with Crippen LogP contribution in [0.3, 0.4) is 0 Å². The van der Waals surface area contributed by atoms with Gasteiger partial charge in [0.15, 0.2) is 0 Å². The largest absolute Gasteiger partial charge is 0.368 e. The number of imidazole rings is 1. The summed E-state index contributed by atoms with van der Waals surface area (Å²) >= 11 is 0. The number of hydrogen-bond acceptors (Lipinski definition) is 5. The van der Waals surface area contributed by atoms with Crippen LogP contribution in [0.25, 0.3) is 0 Å². The highest BCUT2D eigenvalue weighted by molar-refractivity contribution is 5.95. The summed E-state index contributed by atoms with van der Waals surface area (Å²) in [6.45, 7) is 1.87. The molecule has 0 aromatic carbocycles. The zero-order valence-corrected chi connectivity index (χ0v) is 14.6. The number of nitrogens with two attached hydrogens (primary N) is 1. The number of primary amides is 1. The SMILES string of the molecule is CCC[C@H](NC(=O)[C@H](Cc1cnc[nH]1)NC(=O)[C@@H]1CCC(=O)N1)C(N)=O. The van der Waals surface area contributed by atoms with Gasteiger partial charge in [-0.2, -0.15) is 0 Å². The van der Waals surface area contributed by atoms with Crippen LogP contribution in [0.1, 0.15) is 38.3 Å². The molecule has 10 heteroatoms. The fourth-order valence-electron chi connectivity index (χ4n) is 2.76. The van der Waals surface area contributed by atoms with Gasteiger partial charge in [0.05, 0.1) is 6.33 Å². The molecule has 0 spiro atoms. The van der Waals surface area contributed by atoms with Gasteiger partial charge >= 0.3 is 0 Å². The smallest absolute Gasteiger partial charge is 0.243 e. The molecular formula is C16H24N6O4. The Hall–Kier alpha value is -2.91. The molecule has 2 rings (SSSR count). The van der Waals surface area contributed by atoms with Gasteiger partial charge in [0, 0.05) is 24.7 Å². The maximum absolute atomic E-state index is 12.6. The second-order valence-corrected chi connectivity index (χ2v) is 6.25.